The molecule has 2 aromatic carbocycles. The molecule has 0 amide bonds. The molecule has 0 bridgehead atoms. The lowest BCUT2D eigenvalue weighted by Gasteiger charge is -2.18. The summed E-state index contributed by atoms with van der Waals surface area (Å²) in [5.74, 6) is 0.880. The topological polar surface area (TPSA) is 21.3 Å². The van der Waals surface area contributed by atoms with Crippen LogP contribution >= 0.6 is 15.9 Å². The van der Waals surface area contributed by atoms with Gasteiger partial charge in [-0.15, -0.1) is 0 Å². The number of benzene rings is 2. The number of rotatable bonds is 4. The van der Waals surface area contributed by atoms with Crippen LogP contribution in [0.25, 0.3) is 0 Å². The van der Waals surface area contributed by atoms with Crippen molar-refractivity contribution in [1.82, 2.24) is 5.32 Å². The van der Waals surface area contributed by atoms with E-state index < -0.39 is 0 Å². The Balaban J connectivity index is 2.35. The van der Waals surface area contributed by atoms with Crippen LogP contribution in [0.1, 0.15) is 17.2 Å². The zero-order chi connectivity index (χ0) is 13.0. The van der Waals surface area contributed by atoms with Gasteiger partial charge in [0, 0.05) is 4.47 Å². The van der Waals surface area contributed by atoms with Crippen LogP contribution in [0.3, 0.4) is 0 Å². The van der Waals surface area contributed by atoms with Gasteiger partial charge in [-0.2, -0.15) is 0 Å². The van der Waals surface area contributed by atoms with E-state index in [0.29, 0.717) is 0 Å². The van der Waals surface area contributed by atoms with Crippen molar-refractivity contribution in [3.05, 3.63) is 64.1 Å². The Kier molecular flexibility index (Phi) is 4.39. The Morgan fingerprint density at radius 1 is 1.06 bits per heavy atom. The fraction of sp³-hybridized carbons (Fsp3) is 0.200. The number of methoxy groups -OCH3 is 1. The number of hydrogen-bond donors (Lipinski definition) is 1. The average molecular weight is 306 g/mol. The summed E-state index contributed by atoms with van der Waals surface area (Å²) in [6.45, 7) is 0. The molecular formula is C15H16BrNO. The van der Waals surface area contributed by atoms with Crippen molar-refractivity contribution in [3.8, 4) is 5.75 Å². The quantitative estimate of drug-likeness (QED) is 0.928. The highest BCUT2D eigenvalue weighted by molar-refractivity contribution is 9.10. The van der Waals surface area contributed by atoms with Crippen LogP contribution in [0.4, 0.5) is 0 Å². The maximum Gasteiger partial charge on any atom is 0.119 e. The lowest BCUT2D eigenvalue weighted by atomic mass is 9.99. The normalized spacial score (nSPS) is 12.2. The van der Waals surface area contributed by atoms with E-state index in [0.717, 1.165) is 10.2 Å². The molecule has 0 heterocycles. The minimum absolute atomic E-state index is 0.174. The van der Waals surface area contributed by atoms with Crippen LogP contribution in [0.2, 0.25) is 0 Å². The predicted molar refractivity (Wildman–Crippen MR) is 78.0 cm³/mol. The number of halogens is 1. The first-order chi connectivity index (χ1) is 8.74. The van der Waals surface area contributed by atoms with Gasteiger partial charge in [0.15, 0.2) is 0 Å². The lowest BCUT2D eigenvalue weighted by molar-refractivity contribution is 0.414. The molecule has 2 aromatic rings. The van der Waals surface area contributed by atoms with E-state index in [1.807, 2.05) is 19.2 Å². The summed E-state index contributed by atoms with van der Waals surface area (Å²) in [4.78, 5) is 0. The summed E-state index contributed by atoms with van der Waals surface area (Å²) in [6.07, 6.45) is 0. The highest BCUT2D eigenvalue weighted by Crippen LogP contribution is 2.25. The molecular weight excluding hydrogens is 290 g/mol. The van der Waals surface area contributed by atoms with E-state index in [-0.39, 0.29) is 6.04 Å². The van der Waals surface area contributed by atoms with Crippen molar-refractivity contribution in [2.24, 2.45) is 0 Å². The lowest BCUT2D eigenvalue weighted by Crippen LogP contribution is -2.17. The van der Waals surface area contributed by atoms with Crippen molar-refractivity contribution in [2.45, 2.75) is 6.04 Å². The van der Waals surface area contributed by atoms with Crippen LogP contribution in [0.15, 0.2) is 53.0 Å². The third-order valence-electron chi connectivity index (χ3n) is 2.92. The largest absolute Gasteiger partial charge is 0.497 e. The van der Waals surface area contributed by atoms with Gasteiger partial charge in [0.2, 0.25) is 0 Å². The smallest absolute Gasteiger partial charge is 0.119 e. The van der Waals surface area contributed by atoms with Crippen LogP contribution in [0, 0.1) is 0 Å². The Labute approximate surface area is 116 Å². The fourth-order valence-corrected chi connectivity index (χ4v) is 2.27. The molecule has 0 saturated carbocycles. The highest BCUT2D eigenvalue weighted by Gasteiger charge is 2.12. The van der Waals surface area contributed by atoms with E-state index in [2.05, 4.69) is 57.6 Å². The number of ether oxygens (including phenoxy) is 1. The summed E-state index contributed by atoms with van der Waals surface area (Å²) in [6, 6.07) is 16.6. The molecule has 1 unspecified atom stereocenters. The second-order valence-corrected chi connectivity index (χ2v) is 4.97. The van der Waals surface area contributed by atoms with Crippen molar-refractivity contribution in [2.75, 3.05) is 14.2 Å². The van der Waals surface area contributed by atoms with Gasteiger partial charge in [0.1, 0.15) is 5.75 Å². The van der Waals surface area contributed by atoms with E-state index in [9.17, 15) is 0 Å². The predicted octanol–water partition coefficient (Wildman–Crippen LogP) is 3.77. The molecule has 94 valence electrons. The molecule has 0 saturated heterocycles. The Hall–Kier alpha value is -1.32. The van der Waals surface area contributed by atoms with Crippen LogP contribution in [0.5, 0.6) is 5.75 Å². The molecule has 0 aliphatic heterocycles. The van der Waals surface area contributed by atoms with Gasteiger partial charge in [-0.25, -0.2) is 0 Å². The molecule has 3 heteroatoms. The summed E-state index contributed by atoms with van der Waals surface area (Å²) in [5, 5.41) is 3.33. The van der Waals surface area contributed by atoms with Crippen LogP contribution in [-0.2, 0) is 0 Å². The van der Waals surface area contributed by atoms with Gasteiger partial charge in [-0.1, -0.05) is 40.2 Å². The number of nitrogens with one attached hydrogen (secondary N) is 1. The zero-order valence-corrected chi connectivity index (χ0v) is 12.1. The van der Waals surface area contributed by atoms with Crippen LogP contribution < -0.4 is 10.1 Å². The summed E-state index contributed by atoms with van der Waals surface area (Å²) in [5.41, 5.74) is 2.42. The molecule has 0 spiro atoms. The molecule has 0 aromatic heterocycles. The SMILES string of the molecule is CNC(c1ccc(Br)cc1)c1cccc(OC)c1. The van der Waals surface area contributed by atoms with E-state index >= 15 is 0 Å². The maximum absolute atomic E-state index is 5.27. The third kappa shape index (κ3) is 2.92. The van der Waals surface area contributed by atoms with E-state index in [1.165, 1.54) is 11.1 Å². The second-order valence-electron chi connectivity index (χ2n) is 4.05. The first-order valence-electron chi connectivity index (χ1n) is 5.81. The molecule has 2 nitrogen and oxygen atoms in total. The molecule has 0 radical (unpaired) electrons. The summed E-state index contributed by atoms with van der Waals surface area (Å²) in [7, 11) is 3.65. The first-order valence-corrected chi connectivity index (χ1v) is 6.60. The number of hydrogen-bond acceptors (Lipinski definition) is 2. The Morgan fingerprint density at radius 2 is 1.78 bits per heavy atom. The molecule has 1 N–H and O–H groups in total. The van der Waals surface area contributed by atoms with Crippen LogP contribution in [-0.4, -0.2) is 14.2 Å². The molecule has 18 heavy (non-hydrogen) atoms. The van der Waals surface area contributed by atoms with E-state index in [4.69, 9.17) is 4.74 Å². The maximum atomic E-state index is 5.27. The zero-order valence-electron chi connectivity index (χ0n) is 10.5. The van der Waals surface area contributed by atoms with Gasteiger partial charge in [-0.05, 0) is 42.4 Å². The highest BCUT2D eigenvalue weighted by atomic mass is 79.9. The minimum Gasteiger partial charge on any atom is -0.497 e. The van der Waals surface area contributed by atoms with Crippen molar-refractivity contribution < 1.29 is 4.74 Å². The fourth-order valence-electron chi connectivity index (χ4n) is 2.00. The minimum atomic E-state index is 0.174. The summed E-state index contributed by atoms with van der Waals surface area (Å²) < 4.78 is 6.36. The Morgan fingerprint density at radius 3 is 2.39 bits per heavy atom. The van der Waals surface area contributed by atoms with Gasteiger partial charge in [0.05, 0.1) is 13.2 Å². The summed E-state index contributed by atoms with van der Waals surface area (Å²) >= 11 is 3.46. The Bertz CT molecular complexity index is 510. The molecule has 2 rings (SSSR count). The second kappa shape index (κ2) is 6.03. The first kappa shape index (κ1) is 13.1. The monoisotopic (exact) mass is 305 g/mol. The molecule has 0 fully saturated rings. The van der Waals surface area contributed by atoms with Gasteiger partial charge in [-0.3, -0.25) is 0 Å². The standard InChI is InChI=1S/C15H16BrNO/c1-17-15(11-6-8-13(16)9-7-11)12-4-3-5-14(10-12)18-2/h3-10,15,17H,1-2H3. The molecule has 0 aliphatic carbocycles. The van der Waals surface area contributed by atoms with E-state index in [1.54, 1.807) is 7.11 Å². The van der Waals surface area contributed by atoms with Crippen molar-refractivity contribution in [3.63, 3.8) is 0 Å². The third-order valence-corrected chi connectivity index (χ3v) is 3.45. The van der Waals surface area contributed by atoms with Crippen molar-refractivity contribution in [1.29, 1.82) is 0 Å². The van der Waals surface area contributed by atoms with Gasteiger partial charge in [0.25, 0.3) is 0 Å². The molecule has 0 aliphatic rings. The molecule has 1 atom stereocenters. The van der Waals surface area contributed by atoms with Gasteiger partial charge < -0.3 is 10.1 Å². The van der Waals surface area contributed by atoms with Crippen molar-refractivity contribution >= 4 is 15.9 Å². The van der Waals surface area contributed by atoms with Gasteiger partial charge >= 0.3 is 0 Å². The average Bonchev–Trinajstić information content (AvgIpc) is 2.42.